The number of nitrogens with one attached hydrogen (secondary N) is 1. The third-order valence-electron chi connectivity index (χ3n) is 4.00. The van der Waals surface area contributed by atoms with E-state index < -0.39 is 17.4 Å². The van der Waals surface area contributed by atoms with Crippen LogP contribution in [-0.2, 0) is 16.1 Å². The number of hydrogen-bond acceptors (Lipinski definition) is 7. The van der Waals surface area contributed by atoms with Crippen molar-refractivity contribution in [3.05, 3.63) is 52.2 Å². The fourth-order valence-electron chi connectivity index (χ4n) is 2.75. The summed E-state index contributed by atoms with van der Waals surface area (Å²) in [6.07, 6.45) is 2.72. The fourth-order valence-corrected chi connectivity index (χ4v) is 2.75. The van der Waals surface area contributed by atoms with Gasteiger partial charge in [-0.3, -0.25) is 14.2 Å². The second kappa shape index (κ2) is 7.48. The number of nitrogens with zero attached hydrogens (tertiary/aromatic N) is 2. The molecule has 9 nitrogen and oxygen atoms in total. The molecule has 0 aliphatic rings. The van der Waals surface area contributed by atoms with Gasteiger partial charge in [0.15, 0.2) is 0 Å². The molecular formula is C18H19N3O6. The first-order valence-corrected chi connectivity index (χ1v) is 8.40. The molecule has 3 heterocycles. The Morgan fingerprint density at radius 1 is 1.41 bits per heavy atom. The van der Waals surface area contributed by atoms with Crippen LogP contribution in [0.15, 0.2) is 38.4 Å². The Hall–Kier alpha value is -3.36. The van der Waals surface area contributed by atoms with Crippen molar-refractivity contribution >= 4 is 23.0 Å². The number of aromatic nitrogens is 2. The molecule has 27 heavy (non-hydrogen) atoms. The molecule has 1 N–H and O–H groups in total. The Bertz CT molecular complexity index is 1030. The predicted molar refractivity (Wildman–Crippen MR) is 94.2 cm³/mol. The number of aryl methyl sites for hydroxylation is 1. The first-order valence-electron chi connectivity index (χ1n) is 8.40. The maximum Gasteiger partial charge on any atom is 0.342 e. The maximum absolute atomic E-state index is 12.8. The van der Waals surface area contributed by atoms with Crippen molar-refractivity contribution in [3.8, 4) is 0 Å². The van der Waals surface area contributed by atoms with Gasteiger partial charge in [0.25, 0.3) is 5.56 Å². The number of fused-ring (bicyclic) bond motifs is 1. The van der Waals surface area contributed by atoms with E-state index >= 15 is 0 Å². The van der Waals surface area contributed by atoms with Gasteiger partial charge in [0, 0.05) is 0 Å². The fraction of sp³-hybridized carbons (Fsp3) is 0.333. The number of amides is 1. The summed E-state index contributed by atoms with van der Waals surface area (Å²) in [7, 11) is 0. The lowest BCUT2D eigenvalue weighted by Crippen LogP contribution is -2.34. The van der Waals surface area contributed by atoms with E-state index in [0.717, 1.165) is 4.57 Å². The predicted octanol–water partition coefficient (Wildman–Crippen LogP) is 1.95. The van der Waals surface area contributed by atoms with Gasteiger partial charge in [-0.1, -0.05) is 0 Å². The molecule has 1 amide bonds. The van der Waals surface area contributed by atoms with Crippen LogP contribution in [0.25, 0.3) is 11.1 Å². The highest BCUT2D eigenvalue weighted by atomic mass is 16.5. The summed E-state index contributed by atoms with van der Waals surface area (Å²) < 4.78 is 16.7. The molecule has 3 aromatic heterocycles. The monoisotopic (exact) mass is 373 g/mol. The van der Waals surface area contributed by atoms with Crippen LogP contribution in [0.5, 0.6) is 0 Å². The van der Waals surface area contributed by atoms with Gasteiger partial charge >= 0.3 is 5.97 Å². The van der Waals surface area contributed by atoms with E-state index in [1.165, 1.54) is 12.6 Å². The maximum atomic E-state index is 12.8. The summed E-state index contributed by atoms with van der Waals surface area (Å²) >= 11 is 0. The number of carbonyl (C=O) groups excluding carboxylic acids is 2. The second-order valence-electron chi connectivity index (χ2n) is 5.92. The molecule has 1 atom stereocenters. The van der Waals surface area contributed by atoms with E-state index in [1.54, 1.807) is 32.9 Å². The van der Waals surface area contributed by atoms with Gasteiger partial charge in [0.1, 0.15) is 35.3 Å². The minimum atomic E-state index is -0.665. The normalized spacial score (nSPS) is 12.1. The van der Waals surface area contributed by atoms with Crippen LogP contribution in [-0.4, -0.2) is 28.0 Å². The van der Waals surface area contributed by atoms with Crippen molar-refractivity contribution in [2.45, 2.75) is 33.4 Å². The van der Waals surface area contributed by atoms with Gasteiger partial charge in [0.2, 0.25) is 11.6 Å². The Morgan fingerprint density at radius 3 is 2.85 bits per heavy atom. The molecule has 3 rings (SSSR count). The standard InChI is InChI=1S/C18H19N3O6/c1-4-25-18(24)14-11(3)27-16-15(14)17(23)21(9-19-16)8-13(22)20-10(2)12-6-5-7-26-12/h5-7,9-10H,4,8H2,1-3H3,(H,20,22)/t10-/m1/s1. The Balaban J connectivity index is 1.88. The number of hydrogen-bond donors (Lipinski definition) is 1. The van der Waals surface area contributed by atoms with Crippen LogP contribution < -0.4 is 10.9 Å². The summed E-state index contributed by atoms with van der Waals surface area (Å²) in [4.78, 5) is 41.2. The molecular weight excluding hydrogens is 354 g/mol. The van der Waals surface area contributed by atoms with Gasteiger partial charge < -0.3 is 18.9 Å². The van der Waals surface area contributed by atoms with Gasteiger partial charge in [-0.05, 0) is 32.9 Å². The molecule has 3 aromatic rings. The average molecular weight is 373 g/mol. The SMILES string of the molecule is CCOC(=O)c1c(C)oc2ncn(CC(=O)N[C@H](C)c3ccco3)c(=O)c12. The van der Waals surface area contributed by atoms with Crippen LogP contribution in [0.2, 0.25) is 0 Å². The Morgan fingerprint density at radius 2 is 2.19 bits per heavy atom. The van der Waals surface area contributed by atoms with Crippen LogP contribution in [0.4, 0.5) is 0 Å². The third-order valence-corrected chi connectivity index (χ3v) is 4.00. The molecule has 0 bridgehead atoms. The first-order chi connectivity index (χ1) is 12.9. The number of rotatable bonds is 6. The average Bonchev–Trinajstić information content (AvgIpc) is 3.25. The van der Waals surface area contributed by atoms with Crippen molar-refractivity contribution in [1.82, 2.24) is 14.9 Å². The largest absolute Gasteiger partial charge is 0.467 e. The van der Waals surface area contributed by atoms with Gasteiger partial charge in [-0.2, -0.15) is 0 Å². The topological polar surface area (TPSA) is 117 Å². The van der Waals surface area contributed by atoms with Crippen molar-refractivity contribution in [2.75, 3.05) is 6.61 Å². The van der Waals surface area contributed by atoms with Crippen molar-refractivity contribution in [1.29, 1.82) is 0 Å². The van der Waals surface area contributed by atoms with E-state index in [9.17, 15) is 14.4 Å². The Kier molecular flexibility index (Phi) is 5.11. The molecule has 0 spiro atoms. The third kappa shape index (κ3) is 3.62. The molecule has 0 saturated heterocycles. The summed E-state index contributed by atoms with van der Waals surface area (Å²) in [5.41, 5.74) is -0.495. The molecule has 0 aliphatic carbocycles. The first kappa shape index (κ1) is 18.4. The van der Waals surface area contributed by atoms with E-state index in [2.05, 4.69) is 10.3 Å². The van der Waals surface area contributed by atoms with Crippen molar-refractivity contribution in [3.63, 3.8) is 0 Å². The van der Waals surface area contributed by atoms with E-state index in [-0.39, 0.29) is 41.6 Å². The smallest absolute Gasteiger partial charge is 0.342 e. The van der Waals surface area contributed by atoms with Crippen LogP contribution in [0.3, 0.4) is 0 Å². The van der Waals surface area contributed by atoms with E-state index in [4.69, 9.17) is 13.6 Å². The molecule has 142 valence electrons. The summed E-state index contributed by atoms with van der Waals surface area (Å²) in [5.74, 6) is -0.234. The van der Waals surface area contributed by atoms with E-state index in [1.807, 2.05) is 0 Å². The highest BCUT2D eigenvalue weighted by Crippen LogP contribution is 2.21. The zero-order valence-electron chi connectivity index (χ0n) is 15.1. The molecule has 9 heteroatoms. The number of carbonyl (C=O) groups is 2. The van der Waals surface area contributed by atoms with Crippen LogP contribution >= 0.6 is 0 Å². The minimum absolute atomic E-state index is 0.000308. The van der Waals surface area contributed by atoms with Gasteiger partial charge in [-0.15, -0.1) is 0 Å². The lowest BCUT2D eigenvalue weighted by atomic mass is 10.2. The van der Waals surface area contributed by atoms with Gasteiger partial charge in [-0.25, -0.2) is 9.78 Å². The zero-order chi connectivity index (χ0) is 19.6. The highest BCUT2D eigenvalue weighted by molar-refractivity contribution is 6.03. The quantitative estimate of drug-likeness (QED) is 0.656. The number of ether oxygens (including phenoxy) is 1. The highest BCUT2D eigenvalue weighted by Gasteiger charge is 2.24. The summed E-state index contributed by atoms with van der Waals surface area (Å²) in [6, 6.07) is 3.11. The molecule has 0 saturated carbocycles. The van der Waals surface area contributed by atoms with E-state index in [0.29, 0.717) is 5.76 Å². The lowest BCUT2D eigenvalue weighted by molar-refractivity contribution is -0.122. The summed E-state index contributed by atoms with van der Waals surface area (Å²) in [5, 5.41) is 2.73. The van der Waals surface area contributed by atoms with Crippen LogP contribution in [0.1, 0.15) is 41.8 Å². The molecule has 0 unspecified atom stereocenters. The second-order valence-corrected chi connectivity index (χ2v) is 5.92. The van der Waals surface area contributed by atoms with Gasteiger partial charge in [0.05, 0.1) is 18.9 Å². The summed E-state index contributed by atoms with van der Waals surface area (Å²) in [6.45, 7) is 4.87. The molecule has 0 radical (unpaired) electrons. The molecule has 0 aliphatic heterocycles. The Labute approximate surface area is 153 Å². The molecule has 0 fully saturated rings. The molecule has 0 aromatic carbocycles. The minimum Gasteiger partial charge on any atom is -0.467 e. The number of furan rings is 2. The van der Waals surface area contributed by atoms with Crippen molar-refractivity contribution in [2.24, 2.45) is 0 Å². The van der Waals surface area contributed by atoms with Crippen molar-refractivity contribution < 1.29 is 23.2 Å². The van der Waals surface area contributed by atoms with Crippen LogP contribution in [0, 0.1) is 6.92 Å². The zero-order valence-corrected chi connectivity index (χ0v) is 15.1. The number of esters is 1. The lowest BCUT2D eigenvalue weighted by Gasteiger charge is -2.12.